The van der Waals surface area contributed by atoms with Gasteiger partial charge in [0.05, 0.1) is 5.69 Å². The smallest absolute Gasteiger partial charge is 0.262 e. The van der Waals surface area contributed by atoms with Crippen LogP contribution in [0.15, 0.2) is 23.4 Å². The molecular formula is C14H24N4O2S. The molecule has 2 heterocycles. The van der Waals surface area contributed by atoms with Gasteiger partial charge in [-0.05, 0) is 38.6 Å². The molecule has 1 unspecified atom stereocenters. The minimum atomic E-state index is -3.58. The first-order valence-corrected chi connectivity index (χ1v) is 8.77. The fourth-order valence-corrected chi connectivity index (χ4v) is 4.61. The van der Waals surface area contributed by atoms with Gasteiger partial charge in [-0.2, -0.15) is 4.31 Å². The second kappa shape index (κ2) is 6.72. The predicted molar refractivity (Wildman–Crippen MR) is 83.9 cm³/mol. The molecule has 0 spiro atoms. The zero-order valence-electron chi connectivity index (χ0n) is 12.9. The van der Waals surface area contributed by atoms with Gasteiger partial charge in [-0.1, -0.05) is 6.92 Å². The van der Waals surface area contributed by atoms with Crippen LogP contribution in [0.5, 0.6) is 0 Å². The van der Waals surface area contributed by atoms with Crippen molar-refractivity contribution in [2.75, 3.05) is 39.0 Å². The van der Waals surface area contributed by atoms with E-state index in [-0.39, 0.29) is 11.1 Å². The van der Waals surface area contributed by atoms with Gasteiger partial charge >= 0.3 is 0 Å². The summed E-state index contributed by atoms with van der Waals surface area (Å²) in [7, 11) is 0.172. The highest BCUT2D eigenvalue weighted by atomic mass is 32.2. The van der Waals surface area contributed by atoms with E-state index in [4.69, 9.17) is 0 Å². The number of hydrogen-bond donors (Lipinski definition) is 1. The van der Waals surface area contributed by atoms with Crippen LogP contribution in [0, 0.1) is 0 Å². The van der Waals surface area contributed by atoms with Crippen LogP contribution in [0.1, 0.15) is 19.8 Å². The molecule has 1 aromatic heterocycles. The van der Waals surface area contributed by atoms with Crippen molar-refractivity contribution in [2.24, 2.45) is 0 Å². The van der Waals surface area contributed by atoms with Crippen molar-refractivity contribution in [3.8, 4) is 0 Å². The standard InChI is InChI=1S/C14H24N4O2S/c1-4-12-11-17(3)9-6-10-18(12)21(19,20)14-13(15-2)7-5-8-16-14/h5,7-8,12,15H,4,6,9-11H2,1-3H3. The molecule has 118 valence electrons. The molecule has 1 aliphatic rings. The Morgan fingerprint density at radius 1 is 1.43 bits per heavy atom. The van der Waals surface area contributed by atoms with Crippen LogP contribution in [0.4, 0.5) is 5.69 Å². The fourth-order valence-electron chi connectivity index (χ4n) is 2.77. The molecule has 21 heavy (non-hydrogen) atoms. The molecule has 1 aliphatic heterocycles. The van der Waals surface area contributed by atoms with Crippen LogP contribution >= 0.6 is 0 Å². The normalized spacial score (nSPS) is 22.0. The molecule has 0 radical (unpaired) electrons. The Bertz CT molecular complexity index is 576. The van der Waals surface area contributed by atoms with Crippen LogP contribution in [-0.4, -0.2) is 62.4 Å². The third-order valence-corrected chi connectivity index (χ3v) is 5.83. The highest BCUT2D eigenvalue weighted by Gasteiger charge is 2.34. The molecule has 0 amide bonds. The summed E-state index contributed by atoms with van der Waals surface area (Å²) in [5.74, 6) is 0. The fraction of sp³-hybridized carbons (Fsp3) is 0.643. The number of likely N-dealkylation sites (N-methyl/N-ethyl adjacent to an activating group) is 1. The van der Waals surface area contributed by atoms with Gasteiger partial charge in [-0.3, -0.25) is 0 Å². The first kappa shape index (κ1) is 16.2. The van der Waals surface area contributed by atoms with Gasteiger partial charge < -0.3 is 10.2 Å². The van der Waals surface area contributed by atoms with Crippen LogP contribution in [0.2, 0.25) is 0 Å². The van der Waals surface area contributed by atoms with Gasteiger partial charge in [0.15, 0.2) is 5.03 Å². The number of aromatic nitrogens is 1. The number of hydrogen-bond acceptors (Lipinski definition) is 5. The molecule has 0 saturated carbocycles. The Balaban J connectivity index is 2.41. The largest absolute Gasteiger partial charge is 0.386 e. The molecule has 2 rings (SSSR count). The summed E-state index contributed by atoms with van der Waals surface area (Å²) < 4.78 is 27.6. The first-order chi connectivity index (χ1) is 10.0. The lowest BCUT2D eigenvalue weighted by atomic mass is 10.2. The van der Waals surface area contributed by atoms with Crippen LogP contribution in [-0.2, 0) is 10.0 Å². The van der Waals surface area contributed by atoms with Gasteiger partial charge in [0.25, 0.3) is 10.0 Å². The van der Waals surface area contributed by atoms with Gasteiger partial charge in [0.2, 0.25) is 0 Å². The Morgan fingerprint density at radius 3 is 2.86 bits per heavy atom. The van der Waals surface area contributed by atoms with Gasteiger partial charge in [-0.15, -0.1) is 0 Å². The molecule has 7 heteroatoms. The van der Waals surface area contributed by atoms with Gasteiger partial charge in [-0.25, -0.2) is 13.4 Å². The third-order valence-electron chi connectivity index (χ3n) is 3.91. The molecular weight excluding hydrogens is 288 g/mol. The van der Waals surface area contributed by atoms with E-state index < -0.39 is 10.0 Å². The van der Waals surface area contributed by atoms with Crippen LogP contribution in [0.25, 0.3) is 0 Å². The maximum Gasteiger partial charge on any atom is 0.262 e. The maximum absolute atomic E-state index is 13.0. The van der Waals surface area contributed by atoms with E-state index in [1.807, 2.05) is 14.0 Å². The van der Waals surface area contributed by atoms with Crippen LogP contribution < -0.4 is 5.32 Å². The summed E-state index contributed by atoms with van der Waals surface area (Å²) in [4.78, 5) is 6.30. The average Bonchev–Trinajstić information content (AvgIpc) is 2.68. The number of pyridine rings is 1. The lowest BCUT2D eigenvalue weighted by Gasteiger charge is -2.29. The van der Waals surface area contributed by atoms with Crippen molar-refractivity contribution in [3.63, 3.8) is 0 Å². The average molecular weight is 312 g/mol. The SMILES string of the molecule is CCC1CN(C)CCCN1S(=O)(=O)c1ncccc1NC. The second-order valence-corrected chi connectivity index (χ2v) is 7.21. The van der Waals surface area contributed by atoms with E-state index in [0.717, 1.165) is 25.9 Å². The Hall–Kier alpha value is -1.18. The summed E-state index contributed by atoms with van der Waals surface area (Å²) in [6.07, 6.45) is 3.16. The van der Waals surface area contributed by atoms with E-state index in [1.54, 1.807) is 23.5 Å². The predicted octanol–water partition coefficient (Wildman–Crippen LogP) is 1.23. The number of sulfonamides is 1. The van der Waals surface area contributed by atoms with E-state index in [9.17, 15) is 8.42 Å². The number of rotatable bonds is 4. The van der Waals surface area contributed by atoms with E-state index in [0.29, 0.717) is 12.2 Å². The maximum atomic E-state index is 13.0. The van der Waals surface area contributed by atoms with Crippen molar-refractivity contribution in [2.45, 2.75) is 30.8 Å². The van der Waals surface area contributed by atoms with Gasteiger partial charge in [0, 0.05) is 32.4 Å². The summed E-state index contributed by atoms with van der Waals surface area (Å²) >= 11 is 0. The molecule has 1 fully saturated rings. The summed E-state index contributed by atoms with van der Waals surface area (Å²) in [6, 6.07) is 3.47. The monoisotopic (exact) mass is 312 g/mol. The van der Waals surface area contributed by atoms with Crippen molar-refractivity contribution in [1.29, 1.82) is 0 Å². The van der Waals surface area contributed by atoms with Crippen molar-refractivity contribution >= 4 is 15.7 Å². The number of nitrogens with one attached hydrogen (secondary N) is 1. The molecule has 0 bridgehead atoms. The first-order valence-electron chi connectivity index (χ1n) is 7.33. The third kappa shape index (κ3) is 3.36. The zero-order chi connectivity index (χ0) is 15.5. The minimum absolute atomic E-state index is 0.00536. The number of nitrogens with zero attached hydrogens (tertiary/aromatic N) is 3. The zero-order valence-corrected chi connectivity index (χ0v) is 13.7. The highest BCUT2D eigenvalue weighted by molar-refractivity contribution is 7.89. The van der Waals surface area contributed by atoms with Crippen molar-refractivity contribution < 1.29 is 8.42 Å². The second-order valence-electron chi connectivity index (χ2n) is 5.40. The topological polar surface area (TPSA) is 65.5 Å². The molecule has 1 saturated heterocycles. The summed E-state index contributed by atoms with van der Waals surface area (Å²) in [6.45, 7) is 4.26. The van der Waals surface area contributed by atoms with Crippen LogP contribution in [0.3, 0.4) is 0 Å². The molecule has 0 aromatic carbocycles. The summed E-state index contributed by atoms with van der Waals surface area (Å²) in [5, 5.41) is 3.04. The Kier molecular flexibility index (Phi) is 5.18. The molecule has 6 nitrogen and oxygen atoms in total. The van der Waals surface area contributed by atoms with Crippen molar-refractivity contribution in [3.05, 3.63) is 18.3 Å². The minimum Gasteiger partial charge on any atom is -0.386 e. The van der Waals surface area contributed by atoms with E-state index in [2.05, 4.69) is 15.2 Å². The van der Waals surface area contributed by atoms with E-state index in [1.165, 1.54) is 6.20 Å². The van der Waals surface area contributed by atoms with Gasteiger partial charge in [0.1, 0.15) is 0 Å². The lowest BCUT2D eigenvalue weighted by Crippen LogP contribution is -2.43. The number of anilines is 1. The lowest BCUT2D eigenvalue weighted by molar-refractivity contribution is 0.270. The Labute approximate surface area is 127 Å². The van der Waals surface area contributed by atoms with E-state index >= 15 is 0 Å². The summed E-state index contributed by atoms with van der Waals surface area (Å²) in [5.41, 5.74) is 0.546. The molecule has 0 aliphatic carbocycles. The van der Waals surface area contributed by atoms with Crippen molar-refractivity contribution in [1.82, 2.24) is 14.2 Å². The molecule has 1 atom stereocenters. The quantitative estimate of drug-likeness (QED) is 0.906. The molecule has 1 aromatic rings. The molecule has 1 N–H and O–H groups in total. The highest BCUT2D eigenvalue weighted by Crippen LogP contribution is 2.25. The Morgan fingerprint density at radius 2 is 2.19 bits per heavy atom.